The molecular formula is C29H31N3O4S2. The van der Waals surface area contributed by atoms with Crippen molar-refractivity contribution in [1.29, 1.82) is 0 Å². The fraction of sp³-hybridized carbons (Fsp3) is 0.310. The van der Waals surface area contributed by atoms with Gasteiger partial charge in [-0.3, -0.25) is 14.0 Å². The molecule has 0 spiro atoms. The second kappa shape index (κ2) is 11.2. The van der Waals surface area contributed by atoms with E-state index < -0.39 is 10.0 Å². The van der Waals surface area contributed by atoms with Crippen molar-refractivity contribution in [2.24, 2.45) is 0 Å². The fourth-order valence-corrected chi connectivity index (χ4v) is 7.27. The first-order valence-corrected chi connectivity index (χ1v) is 15.2. The fourth-order valence-electron chi connectivity index (χ4n) is 4.77. The minimum atomic E-state index is -3.78. The van der Waals surface area contributed by atoms with E-state index in [0.717, 1.165) is 35.0 Å². The van der Waals surface area contributed by atoms with Crippen LogP contribution < -0.4 is 9.21 Å². The molecule has 1 amide bonds. The summed E-state index contributed by atoms with van der Waals surface area (Å²) in [6, 6.07) is 21.3. The number of nitrogens with zero attached hydrogens (tertiary/aromatic N) is 3. The quantitative estimate of drug-likeness (QED) is 0.260. The third kappa shape index (κ3) is 5.18. The Hall–Kier alpha value is -3.27. The first kappa shape index (κ1) is 26.3. The standard InChI is InChI=1S/C29H31N3O4S2/c1-3-21-10-8-14-26-27(21)30-29(37-26)31(20-24-13-9-19-36-24)28(33)22-15-17-25(18-16-22)38(34,35)32(4-2)23-11-6-5-7-12-23/h5-8,10-12,14-18,24H,3-4,9,13,19-20H2,1-2H3. The summed E-state index contributed by atoms with van der Waals surface area (Å²) in [6.07, 6.45) is 2.65. The van der Waals surface area contributed by atoms with Gasteiger partial charge in [0.05, 0.1) is 33.4 Å². The number of fused-ring (bicyclic) bond motifs is 1. The van der Waals surface area contributed by atoms with Gasteiger partial charge in [0.15, 0.2) is 5.13 Å². The summed E-state index contributed by atoms with van der Waals surface area (Å²) in [5.74, 6) is -0.225. The number of carbonyl (C=O) groups excluding carboxylic acids is 1. The lowest BCUT2D eigenvalue weighted by molar-refractivity contribution is 0.0917. The number of rotatable bonds is 9. The van der Waals surface area contributed by atoms with Gasteiger partial charge in [-0.05, 0) is 74.2 Å². The largest absolute Gasteiger partial charge is 0.376 e. The van der Waals surface area contributed by atoms with E-state index >= 15 is 0 Å². The molecule has 7 nitrogen and oxygen atoms in total. The topological polar surface area (TPSA) is 79.8 Å². The summed E-state index contributed by atoms with van der Waals surface area (Å²) >= 11 is 1.49. The first-order chi connectivity index (χ1) is 18.4. The van der Waals surface area contributed by atoms with Crippen LogP contribution in [0.5, 0.6) is 0 Å². The van der Waals surface area contributed by atoms with Crippen LogP contribution in [0.3, 0.4) is 0 Å². The number of benzene rings is 3. The monoisotopic (exact) mass is 549 g/mol. The molecule has 0 aliphatic carbocycles. The van der Waals surface area contributed by atoms with Crippen molar-refractivity contribution in [2.75, 3.05) is 28.9 Å². The molecule has 198 valence electrons. The van der Waals surface area contributed by atoms with Crippen molar-refractivity contribution < 1.29 is 17.9 Å². The summed E-state index contributed by atoms with van der Waals surface area (Å²) in [5, 5.41) is 0.624. The van der Waals surface area contributed by atoms with Gasteiger partial charge >= 0.3 is 0 Å². The Balaban J connectivity index is 1.46. The van der Waals surface area contributed by atoms with Gasteiger partial charge in [-0.25, -0.2) is 13.4 Å². The minimum absolute atomic E-state index is 0.0553. The van der Waals surface area contributed by atoms with Gasteiger partial charge in [0.25, 0.3) is 15.9 Å². The zero-order valence-electron chi connectivity index (χ0n) is 21.5. The third-order valence-electron chi connectivity index (χ3n) is 6.78. The number of thiazole rings is 1. The molecule has 38 heavy (non-hydrogen) atoms. The summed E-state index contributed by atoms with van der Waals surface area (Å²) in [5.41, 5.74) is 3.06. The maximum Gasteiger partial charge on any atom is 0.264 e. The van der Waals surface area contributed by atoms with E-state index in [-0.39, 0.29) is 16.9 Å². The number of ether oxygens (including phenoxy) is 1. The van der Waals surface area contributed by atoms with Gasteiger partial charge < -0.3 is 4.74 Å². The van der Waals surface area contributed by atoms with Crippen molar-refractivity contribution in [3.8, 4) is 0 Å². The number of hydrogen-bond donors (Lipinski definition) is 0. The molecule has 0 bridgehead atoms. The molecule has 1 saturated heterocycles. The van der Waals surface area contributed by atoms with E-state index in [1.165, 1.54) is 27.8 Å². The normalized spacial score (nSPS) is 15.6. The maximum absolute atomic E-state index is 13.8. The van der Waals surface area contributed by atoms with Crippen LogP contribution in [0.4, 0.5) is 10.8 Å². The number of amides is 1. The summed E-state index contributed by atoms with van der Waals surface area (Å²) in [4.78, 5) is 20.5. The predicted octanol–water partition coefficient (Wildman–Crippen LogP) is 5.90. The van der Waals surface area contributed by atoms with Gasteiger partial charge in [-0.2, -0.15) is 0 Å². The lowest BCUT2D eigenvalue weighted by Gasteiger charge is -2.24. The average Bonchev–Trinajstić information content (AvgIpc) is 3.62. The molecule has 2 heterocycles. The SMILES string of the molecule is CCc1cccc2sc(N(CC3CCCO3)C(=O)c3ccc(S(=O)(=O)N(CC)c4ccccc4)cc3)nc12. The van der Waals surface area contributed by atoms with Gasteiger partial charge in [-0.1, -0.05) is 48.6 Å². The highest BCUT2D eigenvalue weighted by Gasteiger charge is 2.28. The Morgan fingerprint density at radius 1 is 1.03 bits per heavy atom. The number of aryl methyl sites for hydroxylation is 1. The Morgan fingerprint density at radius 2 is 1.79 bits per heavy atom. The number of para-hydroxylation sites is 2. The Morgan fingerprint density at radius 3 is 2.45 bits per heavy atom. The lowest BCUT2D eigenvalue weighted by atomic mass is 10.1. The van der Waals surface area contributed by atoms with Crippen molar-refractivity contribution >= 4 is 48.3 Å². The molecule has 1 aliphatic rings. The van der Waals surface area contributed by atoms with Gasteiger partial charge in [-0.15, -0.1) is 0 Å². The molecular weight excluding hydrogens is 518 g/mol. The van der Waals surface area contributed by atoms with Crippen molar-refractivity contribution in [1.82, 2.24) is 4.98 Å². The predicted molar refractivity (Wildman–Crippen MR) is 153 cm³/mol. The van der Waals surface area contributed by atoms with Crippen LogP contribution in [0, 0.1) is 0 Å². The highest BCUT2D eigenvalue weighted by atomic mass is 32.2. The second-order valence-corrected chi connectivity index (χ2v) is 12.1. The van der Waals surface area contributed by atoms with E-state index in [4.69, 9.17) is 9.72 Å². The molecule has 0 N–H and O–H groups in total. The zero-order chi connectivity index (χ0) is 26.7. The van der Waals surface area contributed by atoms with Crippen LogP contribution in [-0.2, 0) is 21.2 Å². The number of sulfonamides is 1. The van der Waals surface area contributed by atoms with Crippen LogP contribution in [0.15, 0.2) is 77.7 Å². The lowest BCUT2D eigenvalue weighted by Crippen LogP contribution is -2.37. The zero-order valence-corrected chi connectivity index (χ0v) is 23.2. The van der Waals surface area contributed by atoms with E-state index in [1.54, 1.807) is 36.1 Å². The van der Waals surface area contributed by atoms with Crippen LogP contribution >= 0.6 is 11.3 Å². The van der Waals surface area contributed by atoms with Crippen LogP contribution in [0.25, 0.3) is 10.2 Å². The molecule has 1 unspecified atom stereocenters. The molecule has 9 heteroatoms. The molecule has 1 atom stereocenters. The third-order valence-corrected chi connectivity index (χ3v) is 9.74. The Bertz CT molecular complexity index is 1510. The number of carbonyl (C=O) groups is 1. The molecule has 1 aliphatic heterocycles. The van der Waals surface area contributed by atoms with Crippen molar-refractivity contribution in [3.05, 3.63) is 83.9 Å². The van der Waals surface area contributed by atoms with Gasteiger partial charge in [0.2, 0.25) is 0 Å². The van der Waals surface area contributed by atoms with Crippen LogP contribution in [-0.4, -0.2) is 45.1 Å². The minimum Gasteiger partial charge on any atom is -0.376 e. The number of hydrogen-bond acceptors (Lipinski definition) is 6. The molecule has 3 aromatic carbocycles. The van der Waals surface area contributed by atoms with Crippen LogP contribution in [0.2, 0.25) is 0 Å². The van der Waals surface area contributed by atoms with Gasteiger partial charge in [0.1, 0.15) is 0 Å². The van der Waals surface area contributed by atoms with Crippen molar-refractivity contribution in [2.45, 2.75) is 44.1 Å². The summed E-state index contributed by atoms with van der Waals surface area (Å²) in [7, 11) is -3.78. The highest BCUT2D eigenvalue weighted by molar-refractivity contribution is 7.92. The van der Waals surface area contributed by atoms with Crippen LogP contribution in [0.1, 0.15) is 42.6 Å². The number of anilines is 2. The maximum atomic E-state index is 13.8. The number of aromatic nitrogens is 1. The highest BCUT2D eigenvalue weighted by Crippen LogP contribution is 2.33. The first-order valence-electron chi connectivity index (χ1n) is 12.9. The molecule has 0 radical (unpaired) electrons. The molecule has 5 rings (SSSR count). The van der Waals surface area contributed by atoms with E-state index in [1.807, 2.05) is 30.3 Å². The smallest absolute Gasteiger partial charge is 0.264 e. The second-order valence-electron chi connectivity index (χ2n) is 9.19. The van der Waals surface area contributed by atoms with Crippen molar-refractivity contribution in [3.63, 3.8) is 0 Å². The molecule has 4 aromatic rings. The molecule has 1 fully saturated rings. The van der Waals surface area contributed by atoms with E-state index in [2.05, 4.69) is 13.0 Å². The summed E-state index contributed by atoms with van der Waals surface area (Å²) in [6.45, 7) is 5.27. The Labute approximate surface area is 227 Å². The molecule has 0 saturated carbocycles. The Kier molecular flexibility index (Phi) is 7.78. The van der Waals surface area contributed by atoms with E-state index in [9.17, 15) is 13.2 Å². The van der Waals surface area contributed by atoms with E-state index in [0.29, 0.717) is 36.1 Å². The summed E-state index contributed by atoms with van der Waals surface area (Å²) < 4.78 is 35.0. The molecule has 1 aromatic heterocycles. The average molecular weight is 550 g/mol. The van der Waals surface area contributed by atoms with Gasteiger partial charge in [0, 0.05) is 18.7 Å².